The third kappa shape index (κ3) is 2.60. The molecule has 1 aliphatic rings. The van der Waals surface area contributed by atoms with Crippen LogP contribution < -0.4 is 20.3 Å². The first kappa shape index (κ1) is 13.2. The zero-order valence-electron chi connectivity index (χ0n) is 11.4. The maximum atomic E-state index is 12.1. The minimum absolute atomic E-state index is 0.0880. The van der Waals surface area contributed by atoms with Crippen molar-refractivity contribution in [1.82, 2.24) is 10.3 Å². The predicted octanol–water partition coefficient (Wildman–Crippen LogP) is 1.59. The molecule has 0 spiro atoms. The largest absolute Gasteiger partial charge is 0.454 e. The molecule has 0 saturated heterocycles. The number of amides is 1. The molecule has 6 nitrogen and oxygen atoms in total. The van der Waals surface area contributed by atoms with Crippen molar-refractivity contribution < 1.29 is 14.3 Å². The van der Waals surface area contributed by atoms with Crippen molar-refractivity contribution in [3.8, 4) is 11.5 Å². The number of aromatic amines is 1. The number of benzene rings is 1. The van der Waals surface area contributed by atoms with Crippen LogP contribution in [0.2, 0.25) is 0 Å². The standard InChI is InChI=1S/C15H14N2O4/c1-9(10-4-5-12-13(7-10)21-8-20-12)17-15(19)11-3-2-6-16-14(11)18/h2-7,9H,8H2,1H3,(H,16,18)(H,17,19). The van der Waals surface area contributed by atoms with E-state index in [1.807, 2.05) is 19.1 Å². The van der Waals surface area contributed by atoms with E-state index >= 15 is 0 Å². The van der Waals surface area contributed by atoms with Gasteiger partial charge in [-0.15, -0.1) is 0 Å². The zero-order chi connectivity index (χ0) is 14.8. The maximum absolute atomic E-state index is 12.1. The van der Waals surface area contributed by atoms with Crippen LogP contribution >= 0.6 is 0 Å². The summed E-state index contributed by atoms with van der Waals surface area (Å²) < 4.78 is 10.6. The monoisotopic (exact) mass is 286 g/mol. The van der Waals surface area contributed by atoms with Crippen molar-refractivity contribution in [3.63, 3.8) is 0 Å². The summed E-state index contributed by atoms with van der Waals surface area (Å²) in [6, 6.07) is 8.32. The molecule has 1 atom stereocenters. The fourth-order valence-electron chi connectivity index (χ4n) is 2.14. The zero-order valence-corrected chi connectivity index (χ0v) is 11.4. The highest BCUT2D eigenvalue weighted by atomic mass is 16.7. The highest BCUT2D eigenvalue weighted by molar-refractivity contribution is 5.94. The predicted molar refractivity (Wildman–Crippen MR) is 75.5 cm³/mol. The van der Waals surface area contributed by atoms with Gasteiger partial charge in [-0.05, 0) is 36.8 Å². The minimum atomic E-state index is -0.415. The lowest BCUT2D eigenvalue weighted by atomic mass is 10.1. The van der Waals surface area contributed by atoms with Gasteiger partial charge in [-0.25, -0.2) is 0 Å². The van der Waals surface area contributed by atoms with Gasteiger partial charge in [0.1, 0.15) is 5.56 Å². The summed E-state index contributed by atoms with van der Waals surface area (Å²) in [4.78, 5) is 26.1. The first-order chi connectivity index (χ1) is 10.1. The molecule has 0 radical (unpaired) electrons. The van der Waals surface area contributed by atoms with E-state index in [1.54, 1.807) is 12.1 Å². The van der Waals surface area contributed by atoms with Crippen LogP contribution in [0, 0.1) is 0 Å². The van der Waals surface area contributed by atoms with Gasteiger partial charge in [0, 0.05) is 6.20 Å². The summed E-state index contributed by atoms with van der Waals surface area (Å²) in [5.74, 6) is 0.935. The Kier molecular flexibility index (Phi) is 3.35. The first-order valence-electron chi connectivity index (χ1n) is 6.53. The summed E-state index contributed by atoms with van der Waals surface area (Å²) in [6.45, 7) is 2.05. The maximum Gasteiger partial charge on any atom is 0.260 e. The molecule has 2 aromatic rings. The van der Waals surface area contributed by atoms with Gasteiger partial charge in [0.05, 0.1) is 6.04 Å². The fraction of sp³-hybridized carbons (Fsp3) is 0.200. The van der Waals surface area contributed by atoms with Gasteiger partial charge in [-0.2, -0.15) is 0 Å². The molecule has 1 aliphatic heterocycles. The smallest absolute Gasteiger partial charge is 0.260 e. The molecule has 0 bridgehead atoms. The number of hydrogen-bond acceptors (Lipinski definition) is 4. The lowest BCUT2D eigenvalue weighted by Crippen LogP contribution is -2.31. The normalized spacial score (nSPS) is 13.8. The number of hydrogen-bond donors (Lipinski definition) is 2. The first-order valence-corrected chi connectivity index (χ1v) is 6.53. The van der Waals surface area contributed by atoms with E-state index < -0.39 is 11.5 Å². The van der Waals surface area contributed by atoms with E-state index in [0.29, 0.717) is 11.5 Å². The van der Waals surface area contributed by atoms with Gasteiger partial charge < -0.3 is 19.8 Å². The number of aromatic nitrogens is 1. The topological polar surface area (TPSA) is 80.4 Å². The summed E-state index contributed by atoms with van der Waals surface area (Å²) in [5, 5.41) is 2.79. The summed E-state index contributed by atoms with van der Waals surface area (Å²) >= 11 is 0. The van der Waals surface area contributed by atoms with Gasteiger partial charge in [-0.3, -0.25) is 9.59 Å². The molecule has 1 aromatic heterocycles. The number of carbonyl (C=O) groups excluding carboxylic acids is 1. The molecular formula is C15H14N2O4. The van der Waals surface area contributed by atoms with E-state index in [9.17, 15) is 9.59 Å². The molecule has 0 aliphatic carbocycles. The summed E-state index contributed by atoms with van der Waals surface area (Å²) in [7, 11) is 0. The number of nitrogens with one attached hydrogen (secondary N) is 2. The van der Waals surface area contributed by atoms with Gasteiger partial charge in [0.25, 0.3) is 11.5 Å². The average Bonchev–Trinajstić information content (AvgIpc) is 2.94. The number of carbonyl (C=O) groups is 1. The molecule has 2 N–H and O–H groups in total. The van der Waals surface area contributed by atoms with Gasteiger partial charge in [-0.1, -0.05) is 6.07 Å². The van der Waals surface area contributed by atoms with Crippen LogP contribution in [0.5, 0.6) is 11.5 Å². The Hall–Kier alpha value is -2.76. The van der Waals surface area contributed by atoms with Crippen molar-refractivity contribution in [2.75, 3.05) is 6.79 Å². The quantitative estimate of drug-likeness (QED) is 0.898. The molecule has 21 heavy (non-hydrogen) atoms. The lowest BCUT2D eigenvalue weighted by Gasteiger charge is -2.14. The molecule has 0 saturated carbocycles. The van der Waals surface area contributed by atoms with Crippen LogP contribution in [0.1, 0.15) is 28.9 Å². The van der Waals surface area contributed by atoms with Gasteiger partial charge in [0.15, 0.2) is 11.5 Å². The lowest BCUT2D eigenvalue weighted by molar-refractivity contribution is 0.0938. The highest BCUT2D eigenvalue weighted by Crippen LogP contribution is 2.34. The Morgan fingerprint density at radius 3 is 2.90 bits per heavy atom. The second-order valence-electron chi connectivity index (χ2n) is 4.72. The van der Waals surface area contributed by atoms with Crippen LogP contribution in [0.15, 0.2) is 41.3 Å². The second kappa shape index (κ2) is 5.32. The highest BCUT2D eigenvalue weighted by Gasteiger charge is 2.18. The Bertz CT molecular complexity index is 738. The van der Waals surface area contributed by atoms with E-state index in [2.05, 4.69) is 10.3 Å². The van der Waals surface area contributed by atoms with Crippen LogP contribution in [0.3, 0.4) is 0 Å². The van der Waals surface area contributed by atoms with E-state index in [1.165, 1.54) is 12.3 Å². The molecule has 1 aromatic carbocycles. The number of H-pyrrole nitrogens is 1. The number of fused-ring (bicyclic) bond motifs is 1. The summed E-state index contributed by atoms with van der Waals surface area (Å²) in [6.07, 6.45) is 1.49. The van der Waals surface area contributed by atoms with Gasteiger partial charge >= 0.3 is 0 Å². The third-order valence-corrected chi connectivity index (χ3v) is 3.31. The van der Waals surface area contributed by atoms with Crippen molar-refractivity contribution in [2.45, 2.75) is 13.0 Å². The Labute approximate surface area is 120 Å². The number of rotatable bonds is 3. The molecular weight excluding hydrogens is 272 g/mol. The van der Waals surface area contributed by atoms with E-state index in [-0.39, 0.29) is 18.4 Å². The molecule has 6 heteroatoms. The minimum Gasteiger partial charge on any atom is -0.454 e. The molecule has 1 unspecified atom stereocenters. The number of pyridine rings is 1. The van der Waals surface area contributed by atoms with E-state index in [4.69, 9.17) is 9.47 Å². The third-order valence-electron chi connectivity index (χ3n) is 3.31. The SMILES string of the molecule is CC(NC(=O)c1ccc[nH]c1=O)c1ccc2c(c1)OCO2. The van der Waals surface area contributed by atoms with E-state index in [0.717, 1.165) is 5.56 Å². The molecule has 0 fully saturated rings. The Morgan fingerprint density at radius 1 is 1.29 bits per heavy atom. The molecule has 2 heterocycles. The van der Waals surface area contributed by atoms with Crippen LogP contribution in [-0.4, -0.2) is 17.7 Å². The Morgan fingerprint density at radius 2 is 2.10 bits per heavy atom. The number of ether oxygens (including phenoxy) is 2. The summed E-state index contributed by atoms with van der Waals surface area (Å²) in [5.41, 5.74) is 0.554. The van der Waals surface area contributed by atoms with Crippen LogP contribution in [-0.2, 0) is 0 Å². The average molecular weight is 286 g/mol. The van der Waals surface area contributed by atoms with Crippen LogP contribution in [0.25, 0.3) is 0 Å². The van der Waals surface area contributed by atoms with Crippen molar-refractivity contribution in [3.05, 3.63) is 58.0 Å². The van der Waals surface area contributed by atoms with Crippen LogP contribution in [0.4, 0.5) is 0 Å². The Balaban J connectivity index is 1.77. The molecule has 108 valence electrons. The molecule has 3 rings (SSSR count). The fourth-order valence-corrected chi connectivity index (χ4v) is 2.14. The van der Waals surface area contributed by atoms with Crippen molar-refractivity contribution in [1.29, 1.82) is 0 Å². The van der Waals surface area contributed by atoms with Crippen molar-refractivity contribution in [2.24, 2.45) is 0 Å². The second-order valence-corrected chi connectivity index (χ2v) is 4.72. The van der Waals surface area contributed by atoms with Crippen molar-refractivity contribution >= 4 is 5.91 Å². The van der Waals surface area contributed by atoms with Gasteiger partial charge in [0.2, 0.25) is 6.79 Å². The molecule has 1 amide bonds.